The molecule has 0 bridgehead atoms. The smallest absolute Gasteiger partial charge is 0.341 e. The van der Waals surface area contributed by atoms with Gasteiger partial charge >= 0.3 is 5.97 Å². The van der Waals surface area contributed by atoms with E-state index in [0.717, 1.165) is 0 Å². The van der Waals surface area contributed by atoms with Gasteiger partial charge < -0.3 is 14.9 Å². The number of aliphatic hydroxyl groups is 1. The topological polar surface area (TPSA) is 92.5 Å². The summed E-state index contributed by atoms with van der Waals surface area (Å²) in [5.41, 5.74) is 1.44. The summed E-state index contributed by atoms with van der Waals surface area (Å²) >= 11 is 0. The predicted molar refractivity (Wildman–Crippen MR) is 64.9 cm³/mol. The van der Waals surface area contributed by atoms with Gasteiger partial charge in [-0.25, -0.2) is 4.79 Å². The van der Waals surface area contributed by atoms with Gasteiger partial charge in [-0.1, -0.05) is 13.8 Å². The molecule has 6 nitrogen and oxygen atoms in total. The summed E-state index contributed by atoms with van der Waals surface area (Å²) in [7, 11) is 0. The van der Waals surface area contributed by atoms with Gasteiger partial charge in [0.2, 0.25) is 5.88 Å². The average molecular weight is 254 g/mol. The van der Waals surface area contributed by atoms with Crippen LogP contribution in [0.5, 0.6) is 5.88 Å². The van der Waals surface area contributed by atoms with E-state index in [1.54, 1.807) is 0 Å². The van der Waals surface area contributed by atoms with Crippen LogP contribution in [0, 0.1) is 0 Å². The van der Waals surface area contributed by atoms with Crippen molar-refractivity contribution in [3.8, 4) is 5.88 Å². The van der Waals surface area contributed by atoms with Crippen molar-refractivity contribution in [3.05, 3.63) is 16.8 Å². The Bertz CT molecular complexity index is 421. The molecule has 0 fully saturated rings. The molecular weight excluding hydrogens is 236 g/mol. The molecule has 0 aliphatic carbocycles. The van der Waals surface area contributed by atoms with Gasteiger partial charge in [0.15, 0.2) is 0 Å². The van der Waals surface area contributed by atoms with Gasteiger partial charge in [-0.15, -0.1) is 5.10 Å². The second-order valence-electron chi connectivity index (χ2n) is 3.74. The van der Waals surface area contributed by atoms with Crippen molar-refractivity contribution in [2.45, 2.75) is 33.1 Å². The molecule has 0 saturated carbocycles. The Morgan fingerprint density at radius 2 is 2.00 bits per heavy atom. The van der Waals surface area contributed by atoms with Crippen LogP contribution in [0.15, 0.2) is 0 Å². The van der Waals surface area contributed by atoms with E-state index in [1.807, 2.05) is 13.8 Å². The van der Waals surface area contributed by atoms with Gasteiger partial charge in [0, 0.05) is 13.0 Å². The maximum Gasteiger partial charge on any atom is 0.341 e. The number of hydrogen-bond donors (Lipinski definition) is 2. The molecule has 0 amide bonds. The lowest BCUT2D eigenvalue weighted by Gasteiger charge is -2.12. The molecule has 0 aliphatic heterocycles. The molecule has 0 aliphatic rings. The second kappa shape index (κ2) is 6.90. The van der Waals surface area contributed by atoms with Crippen molar-refractivity contribution in [1.82, 2.24) is 10.2 Å². The number of carboxylic acids is 1. The van der Waals surface area contributed by atoms with E-state index in [9.17, 15) is 9.90 Å². The molecule has 0 atom stereocenters. The SMILES string of the molecule is CCc1nnc(OCCCO)c(C(=O)O)c1CC. The minimum Gasteiger partial charge on any atom is -0.477 e. The van der Waals surface area contributed by atoms with E-state index in [1.165, 1.54) is 0 Å². The molecule has 100 valence electrons. The van der Waals surface area contributed by atoms with Crippen LogP contribution >= 0.6 is 0 Å². The highest BCUT2D eigenvalue weighted by Gasteiger charge is 2.21. The Balaban J connectivity index is 3.13. The highest BCUT2D eigenvalue weighted by atomic mass is 16.5. The minimum atomic E-state index is -1.06. The van der Waals surface area contributed by atoms with Crippen molar-refractivity contribution in [1.29, 1.82) is 0 Å². The molecule has 0 aromatic carbocycles. The molecule has 0 unspecified atom stereocenters. The van der Waals surface area contributed by atoms with Crippen LogP contribution in [0.2, 0.25) is 0 Å². The third kappa shape index (κ3) is 3.16. The van der Waals surface area contributed by atoms with Crippen LogP contribution < -0.4 is 4.74 Å². The molecule has 1 heterocycles. The zero-order valence-corrected chi connectivity index (χ0v) is 10.6. The third-order valence-electron chi connectivity index (χ3n) is 2.57. The van der Waals surface area contributed by atoms with Gasteiger partial charge in [-0.3, -0.25) is 0 Å². The zero-order chi connectivity index (χ0) is 13.5. The largest absolute Gasteiger partial charge is 0.477 e. The Labute approximate surface area is 106 Å². The van der Waals surface area contributed by atoms with E-state index in [4.69, 9.17) is 9.84 Å². The standard InChI is InChI=1S/C12H18N2O4/c1-3-8-9(4-2)13-14-11(10(8)12(16)17)18-7-5-6-15/h15H,3-7H2,1-2H3,(H,16,17). The first kappa shape index (κ1) is 14.4. The number of aryl methyl sites for hydroxylation is 1. The number of rotatable bonds is 7. The Morgan fingerprint density at radius 3 is 2.50 bits per heavy atom. The summed E-state index contributed by atoms with van der Waals surface area (Å²) in [5.74, 6) is -1.03. The monoisotopic (exact) mass is 254 g/mol. The van der Waals surface area contributed by atoms with Crippen LogP contribution in [-0.4, -0.2) is 39.6 Å². The lowest BCUT2D eigenvalue weighted by atomic mass is 10.0. The van der Waals surface area contributed by atoms with Gasteiger partial charge in [0.05, 0.1) is 12.3 Å². The summed E-state index contributed by atoms with van der Waals surface area (Å²) in [4.78, 5) is 11.3. The fourth-order valence-electron chi connectivity index (χ4n) is 1.71. The van der Waals surface area contributed by atoms with Crippen LogP contribution in [-0.2, 0) is 12.8 Å². The molecule has 0 radical (unpaired) electrons. The Hall–Kier alpha value is -1.69. The van der Waals surface area contributed by atoms with Gasteiger partial charge in [0.25, 0.3) is 0 Å². The summed E-state index contributed by atoms with van der Waals surface area (Å²) in [5, 5.41) is 25.7. The number of nitrogens with zero attached hydrogens (tertiary/aromatic N) is 2. The fraction of sp³-hybridized carbons (Fsp3) is 0.583. The molecule has 0 saturated heterocycles. The molecule has 18 heavy (non-hydrogen) atoms. The van der Waals surface area contributed by atoms with E-state index < -0.39 is 5.97 Å². The maximum absolute atomic E-state index is 11.3. The van der Waals surface area contributed by atoms with Crippen molar-refractivity contribution < 1.29 is 19.7 Å². The number of carboxylic acid groups (broad SMARTS) is 1. The summed E-state index contributed by atoms with van der Waals surface area (Å²) in [6, 6.07) is 0. The van der Waals surface area contributed by atoms with Crippen LogP contribution in [0.3, 0.4) is 0 Å². The second-order valence-corrected chi connectivity index (χ2v) is 3.74. The average Bonchev–Trinajstić information content (AvgIpc) is 2.37. The summed E-state index contributed by atoms with van der Waals surface area (Å²) in [6.07, 6.45) is 1.63. The molecule has 1 rings (SSSR count). The van der Waals surface area contributed by atoms with E-state index >= 15 is 0 Å². The Morgan fingerprint density at radius 1 is 1.28 bits per heavy atom. The normalized spacial score (nSPS) is 10.4. The predicted octanol–water partition coefficient (Wildman–Crippen LogP) is 1.06. The van der Waals surface area contributed by atoms with Crippen molar-refractivity contribution in [2.75, 3.05) is 13.2 Å². The van der Waals surface area contributed by atoms with Crippen LogP contribution in [0.4, 0.5) is 0 Å². The van der Waals surface area contributed by atoms with E-state index in [-0.39, 0.29) is 24.7 Å². The Kier molecular flexibility index (Phi) is 5.51. The number of aromatic nitrogens is 2. The van der Waals surface area contributed by atoms with Gasteiger partial charge in [-0.05, 0) is 18.4 Å². The molecule has 6 heteroatoms. The first-order valence-electron chi connectivity index (χ1n) is 6.01. The number of aliphatic hydroxyl groups excluding tert-OH is 1. The van der Waals surface area contributed by atoms with Crippen molar-refractivity contribution >= 4 is 5.97 Å². The summed E-state index contributed by atoms with van der Waals surface area (Å²) in [6.45, 7) is 3.99. The number of hydrogen-bond acceptors (Lipinski definition) is 5. The minimum absolute atomic E-state index is 0.0104. The fourth-order valence-corrected chi connectivity index (χ4v) is 1.71. The lowest BCUT2D eigenvalue weighted by Crippen LogP contribution is -2.14. The third-order valence-corrected chi connectivity index (χ3v) is 2.57. The molecule has 1 aromatic heterocycles. The molecule has 2 N–H and O–H groups in total. The van der Waals surface area contributed by atoms with E-state index in [2.05, 4.69) is 10.2 Å². The van der Waals surface area contributed by atoms with E-state index in [0.29, 0.717) is 30.5 Å². The molecule has 0 spiro atoms. The first-order valence-corrected chi connectivity index (χ1v) is 6.01. The van der Waals surface area contributed by atoms with Gasteiger partial charge in [0.1, 0.15) is 5.56 Å². The number of aromatic carboxylic acids is 1. The highest BCUT2D eigenvalue weighted by Crippen LogP contribution is 2.22. The zero-order valence-electron chi connectivity index (χ0n) is 10.6. The number of ether oxygens (including phenoxy) is 1. The first-order chi connectivity index (χ1) is 8.65. The van der Waals surface area contributed by atoms with Crippen molar-refractivity contribution in [2.24, 2.45) is 0 Å². The maximum atomic E-state index is 11.3. The van der Waals surface area contributed by atoms with Crippen molar-refractivity contribution in [3.63, 3.8) is 0 Å². The van der Waals surface area contributed by atoms with Crippen LogP contribution in [0.1, 0.15) is 41.9 Å². The number of carbonyl (C=O) groups is 1. The van der Waals surface area contributed by atoms with Gasteiger partial charge in [-0.2, -0.15) is 5.10 Å². The molecule has 1 aromatic rings. The quantitative estimate of drug-likeness (QED) is 0.707. The summed E-state index contributed by atoms with van der Waals surface area (Å²) < 4.78 is 5.27. The lowest BCUT2D eigenvalue weighted by molar-refractivity contribution is 0.0689. The highest BCUT2D eigenvalue weighted by molar-refractivity contribution is 5.92. The molecular formula is C12H18N2O4. The van der Waals surface area contributed by atoms with Crippen LogP contribution in [0.25, 0.3) is 0 Å².